The van der Waals surface area contributed by atoms with Gasteiger partial charge < -0.3 is 14.9 Å². The van der Waals surface area contributed by atoms with E-state index in [0.717, 1.165) is 6.42 Å². The minimum atomic E-state index is -3.77. The summed E-state index contributed by atoms with van der Waals surface area (Å²) in [7, 11) is -2.23. The first-order chi connectivity index (χ1) is 15.2. The lowest BCUT2D eigenvalue weighted by molar-refractivity contribution is -0.225. The molecule has 32 heavy (non-hydrogen) atoms. The maximum absolute atomic E-state index is 13.3. The molecule has 2 bridgehead atoms. The molecule has 2 aliphatic rings. The summed E-state index contributed by atoms with van der Waals surface area (Å²) in [5, 5.41) is 21.4. The highest BCUT2D eigenvalue weighted by Crippen LogP contribution is 2.51. The highest BCUT2D eigenvalue weighted by Gasteiger charge is 2.56. The maximum atomic E-state index is 13.3. The number of rotatable bonds is 6. The number of fused-ring (bicyclic) bond motifs is 2. The Labute approximate surface area is 190 Å². The van der Waals surface area contributed by atoms with Gasteiger partial charge in [-0.05, 0) is 62.6 Å². The van der Waals surface area contributed by atoms with E-state index in [1.54, 1.807) is 37.4 Å². The Morgan fingerprint density at radius 2 is 1.69 bits per heavy atom. The molecule has 2 fully saturated rings. The molecule has 5 atom stereocenters. The van der Waals surface area contributed by atoms with Crippen molar-refractivity contribution in [2.75, 3.05) is 13.7 Å². The van der Waals surface area contributed by atoms with Crippen LogP contribution in [0.2, 0.25) is 0 Å². The van der Waals surface area contributed by atoms with Gasteiger partial charge in [-0.3, -0.25) is 0 Å². The number of aliphatic hydroxyl groups excluding tert-OH is 2. The van der Waals surface area contributed by atoms with Crippen molar-refractivity contribution >= 4 is 10.0 Å². The van der Waals surface area contributed by atoms with Gasteiger partial charge in [0.25, 0.3) is 0 Å². The number of benzene rings is 2. The fourth-order valence-corrected chi connectivity index (χ4v) is 7.07. The maximum Gasteiger partial charge on any atom is 0.243 e. The molecule has 4 rings (SSSR count). The molecule has 2 aliphatic heterocycles. The van der Waals surface area contributed by atoms with Gasteiger partial charge in [0.2, 0.25) is 10.0 Å². The SMILES string of the molecule is CN([C@H]1CC[C@@]2(CCO)C[C@H](c3ccccc3)C[C@](C)(O2)[C@@H]1O)S(=O)(=O)c1ccccc1. The van der Waals surface area contributed by atoms with Gasteiger partial charge in [0.05, 0.1) is 28.2 Å². The predicted molar refractivity (Wildman–Crippen MR) is 123 cm³/mol. The molecule has 0 aromatic heterocycles. The molecule has 2 N–H and O–H groups in total. The average molecular weight is 460 g/mol. The molecule has 0 spiro atoms. The van der Waals surface area contributed by atoms with Crippen molar-refractivity contribution in [1.82, 2.24) is 4.31 Å². The van der Waals surface area contributed by atoms with E-state index in [4.69, 9.17) is 4.74 Å². The first-order valence-corrected chi connectivity index (χ1v) is 12.7. The number of hydrogen-bond donors (Lipinski definition) is 2. The van der Waals surface area contributed by atoms with Crippen molar-refractivity contribution in [2.45, 2.75) is 73.2 Å². The number of likely N-dealkylation sites (N-methyl/N-ethyl adjacent to an activating group) is 1. The molecule has 2 saturated heterocycles. The summed E-state index contributed by atoms with van der Waals surface area (Å²) in [5.41, 5.74) is -0.356. The van der Waals surface area contributed by atoms with Gasteiger partial charge in [-0.2, -0.15) is 4.31 Å². The highest BCUT2D eigenvalue weighted by atomic mass is 32.2. The second-order valence-electron chi connectivity index (χ2n) is 9.47. The van der Waals surface area contributed by atoms with Crippen molar-refractivity contribution in [3.05, 3.63) is 66.2 Å². The van der Waals surface area contributed by atoms with E-state index >= 15 is 0 Å². The van der Waals surface area contributed by atoms with E-state index in [9.17, 15) is 18.6 Å². The molecule has 2 aromatic rings. The molecule has 0 radical (unpaired) electrons. The first kappa shape index (κ1) is 23.4. The van der Waals surface area contributed by atoms with Gasteiger partial charge in [0.15, 0.2) is 0 Å². The summed E-state index contributed by atoms with van der Waals surface area (Å²) in [4.78, 5) is 0.209. The topological polar surface area (TPSA) is 87.1 Å². The van der Waals surface area contributed by atoms with Crippen LogP contribution in [0.1, 0.15) is 50.5 Å². The number of aliphatic hydroxyl groups is 2. The Hall–Kier alpha value is -1.77. The second-order valence-corrected chi connectivity index (χ2v) is 11.5. The summed E-state index contributed by atoms with van der Waals surface area (Å²) >= 11 is 0. The molecule has 0 unspecified atom stereocenters. The smallest absolute Gasteiger partial charge is 0.243 e. The third kappa shape index (κ3) is 4.24. The first-order valence-electron chi connectivity index (χ1n) is 11.3. The lowest BCUT2D eigenvalue weighted by Gasteiger charge is -2.50. The van der Waals surface area contributed by atoms with Gasteiger partial charge in [-0.15, -0.1) is 0 Å². The van der Waals surface area contributed by atoms with Gasteiger partial charge in [-0.25, -0.2) is 8.42 Å². The van der Waals surface area contributed by atoms with Crippen LogP contribution in [0.15, 0.2) is 65.6 Å². The van der Waals surface area contributed by atoms with Crippen molar-refractivity contribution < 1.29 is 23.4 Å². The lowest BCUT2D eigenvalue weighted by Crippen LogP contribution is -2.58. The van der Waals surface area contributed by atoms with Crippen LogP contribution < -0.4 is 0 Å². The van der Waals surface area contributed by atoms with Crippen LogP contribution >= 0.6 is 0 Å². The zero-order valence-corrected chi connectivity index (χ0v) is 19.5. The normalized spacial score (nSPS) is 33.1. The van der Waals surface area contributed by atoms with Crippen LogP contribution in [0, 0.1) is 0 Å². The largest absolute Gasteiger partial charge is 0.396 e. The van der Waals surface area contributed by atoms with E-state index < -0.39 is 33.4 Å². The summed E-state index contributed by atoms with van der Waals surface area (Å²) in [6.07, 6.45) is 1.81. The van der Waals surface area contributed by atoms with E-state index in [-0.39, 0.29) is 17.4 Å². The minimum absolute atomic E-state index is 0.0174. The van der Waals surface area contributed by atoms with Crippen LogP contribution in [0.5, 0.6) is 0 Å². The minimum Gasteiger partial charge on any atom is -0.396 e. The van der Waals surface area contributed by atoms with Crippen LogP contribution in [-0.4, -0.2) is 59.9 Å². The standard InChI is InChI=1S/C25H33NO5S/c1-24-17-20(19-9-5-3-6-10-19)18-25(31-24,15-16-27)14-13-22(23(24)28)26(2)32(29,30)21-11-7-4-8-12-21/h3-12,20,22-23,27-28H,13-18H2,1-2H3/t20-,22+,23-,24+,25-/m1/s1. The monoisotopic (exact) mass is 459 g/mol. The summed E-state index contributed by atoms with van der Waals surface area (Å²) in [6.45, 7) is 1.87. The Bertz CT molecular complexity index is 1020. The zero-order chi connectivity index (χ0) is 23.0. The Kier molecular flexibility index (Phi) is 6.49. The fraction of sp³-hybridized carbons (Fsp3) is 0.520. The van der Waals surface area contributed by atoms with Crippen LogP contribution in [0.25, 0.3) is 0 Å². The van der Waals surface area contributed by atoms with E-state index in [2.05, 4.69) is 12.1 Å². The highest BCUT2D eigenvalue weighted by molar-refractivity contribution is 7.89. The molecule has 6 nitrogen and oxygen atoms in total. The molecule has 7 heteroatoms. The molecule has 174 valence electrons. The molecule has 0 saturated carbocycles. The van der Waals surface area contributed by atoms with Crippen LogP contribution in [0.4, 0.5) is 0 Å². The van der Waals surface area contributed by atoms with Gasteiger partial charge in [-0.1, -0.05) is 48.5 Å². The van der Waals surface area contributed by atoms with Crippen LogP contribution in [0.3, 0.4) is 0 Å². The van der Waals surface area contributed by atoms with Crippen molar-refractivity contribution in [3.8, 4) is 0 Å². The van der Waals surface area contributed by atoms with Crippen molar-refractivity contribution in [1.29, 1.82) is 0 Å². The second kappa shape index (κ2) is 8.88. The quantitative estimate of drug-likeness (QED) is 0.692. The van der Waals surface area contributed by atoms with Crippen molar-refractivity contribution in [3.63, 3.8) is 0 Å². The summed E-state index contributed by atoms with van der Waals surface area (Å²) in [5.74, 6) is 0.158. The Balaban J connectivity index is 1.70. The van der Waals surface area contributed by atoms with E-state index in [0.29, 0.717) is 25.7 Å². The Morgan fingerprint density at radius 1 is 1.06 bits per heavy atom. The van der Waals surface area contributed by atoms with Gasteiger partial charge >= 0.3 is 0 Å². The van der Waals surface area contributed by atoms with E-state index in [1.165, 1.54) is 9.87 Å². The predicted octanol–water partition coefficient (Wildman–Crippen LogP) is 3.30. The molecule has 0 amide bonds. The summed E-state index contributed by atoms with van der Waals surface area (Å²) < 4.78 is 34.5. The fourth-order valence-electron chi connectivity index (χ4n) is 5.66. The molecular formula is C25H33NO5S. The molecule has 2 aromatic carbocycles. The third-order valence-corrected chi connectivity index (χ3v) is 9.23. The van der Waals surface area contributed by atoms with Crippen LogP contribution in [-0.2, 0) is 14.8 Å². The number of nitrogens with zero attached hydrogens (tertiary/aromatic N) is 1. The average Bonchev–Trinajstić information content (AvgIpc) is 2.86. The number of ether oxygens (including phenoxy) is 1. The van der Waals surface area contributed by atoms with Gasteiger partial charge in [0, 0.05) is 13.7 Å². The number of hydrogen-bond acceptors (Lipinski definition) is 5. The lowest BCUT2D eigenvalue weighted by atomic mass is 9.73. The molecule has 2 heterocycles. The summed E-state index contributed by atoms with van der Waals surface area (Å²) in [6, 6.07) is 17.9. The molecule has 0 aliphatic carbocycles. The van der Waals surface area contributed by atoms with Crippen molar-refractivity contribution in [2.24, 2.45) is 0 Å². The Morgan fingerprint density at radius 3 is 2.31 bits per heavy atom. The third-order valence-electron chi connectivity index (χ3n) is 7.33. The van der Waals surface area contributed by atoms with Gasteiger partial charge in [0.1, 0.15) is 0 Å². The molecular weight excluding hydrogens is 426 g/mol. The number of sulfonamides is 1. The van der Waals surface area contributed by atoms with E-state index in [1.807, 2.05) is 25.1 Å². The zero-order valence-electron chi connectivity index (χ0n) is 18.7.